The van der Waals surface area contributed by atoms with Gasteiger partial charge >= 0.3 is 6.18 Å². The molecule has 1 heterocycles. The molecule has 0 bridgehead atoms. The molecule has 0 fully saturated rings. The van der Waals surface area contributed by atoms with E-state index in [0.717, 1.165) is 29.8 Å². The van der Waals surface area contributed by atoms with Crippen molar-refractivity contribution in [3.8, 4) is 5.75 Å². The number of phenolic OH excluding ortho intramolecular Hbond substituents is 1. The third-order valence-corrected chi connectivity index (χ3v) is 3.98. The summed E-state index contributed by atoms with van der Waals surface area (Å²) in [5, 5.41) is 15.4. The number of aromatic nitrogens is 2. The van der Waals surface area contributed by atoms with Crippen molar-refractivity contribution in [3.63, 3.8) is 0 Å². The molecule has 0 atom stereocenters. The highest BCUT2D eigenvalue weighted by Crippen LogP contribution is 2.30. The Labute approximate surface area is 160 Å². The Bertz CT molecular complexity index is 926. The predicted molar refractivity (Wildman–Crippen MR) is 102 cm³/mol. The van der Waals surface area contributed by atoms with Crippen LogP contribution in [0.4, 0.5) is 30.6 Å². The Balaban J connectivity index is 1.63. The van der Waals surface area contributed by atoms with Crippen LogP contribution in [0.3, 0.4) is 0 Å². The Morgan fingerprint density at radius 2 is 1.64 bits per heavy atom. The molecule has 0 saturated carbocycles. The zero-order valence-electron chi connectivity index (χ0n) is 15.1. The zero-order valence-corrected chi connectivity index (χ0v) is 15.1. The first-order chi connectivity index (χ1) is 13.3. The number of nitrogens with one attached hydrogen (secondary N) is 2. The summed E-state index contributed by atoms with van der Waals surface area (Å²) >= 11 is 0. The van der Waals surface area contributed by atoms with Gasteiger partial charge in [-0.2, -0.15) is 18.2 Å². The number of nitrogens with zero attached hydrogens (tertiary/aromatic N) is 2. The molecular weight excluding hydrogens is 369 g/mol. The molecule has 0 aliphatic carbocycles. The molecule has 2 aromatic carbocycles. The third kappa shape index (κ3) is 5.35. The standard InChI is InChI=1S/C20H19F3N4O/c1-13-12-18(24-11-10-14-2-8-17(28)9-3-14)27-19(25-13)26-16-6-4-15(5-7-16)20(21,22)23/h2-9,12,28H,10-11H2,1H3,(H2,24,25,26,27). The minimum absolute atomic E-state index is 0.224. The maximum Gasteiger partial charge on any atom is 0.416 e. The summed E-state index contributed by atoms with van der Waals surface area (Å²) in [7, 11) is 0. The van der Waals surface area contributed by atoms with E-state index in [4.69, 9.17) is 0 Å². The minimum atomic E-state index is -4.37. The van der Waals surface area contributed by atoms with Crippen LogP contribution >= 0.6 is 0 Å². The average molecular weight is 388 g/mol. The monoisotopic (exact) mass is 388 g/mol. The molecule has 3 aromatic rings. The number of phenols is 1. The first-order valence-electron chi connectivity index (χ1n) is 8.61. The van der Waals surface area contributed by atoms with E-state index in [0.29, 0.717) is 24.0 Å². The molecule has 3 N–H and O–H groups in total. The molecule has 0 aliphatic rings. The van der Waals surface area contributed by atoms with Crippen LogP contribution < -0.4 is 10.6 Å². The second-order valence-electron chi connectivity index (χ2n) is 6.26. The van der Waals surface area contributed by atoms with Crippen LogP contribution in [0.5, 0.6) is 5.75 Å². The smallest absolute Gasteiger partial charge is 0.416 e. The van der Waals surface area contributed by atoms with Crippen molar-refractivity contribution >= 4 is 17.5 Å². The van der Waals surface area contributed by atoms with Gasteiger partial charge in [0, 0.05) is 24.0 Å². The first-order valence-corrected chi connectivity index (χ1v) is 8.61. The number of benzene rings is 2. The van der Waals surface area contributed by atoms with E-state index in [1.54, 1.807) is 18.2 Å². The number of alkyl halides is 3. The Kier molecular flexibility index (Phi) is 5.67. The van der Waals surface area contributed by atoms with E-state index in [-0.39, 0.29) is 5.75 Å². The number of aryl methyl sites for hydroxylation is 1. The van der Waals surface area contributed by atoms with Crippen molar-refractivity contribution in [2.75, 3.05) is 17.2 Å². The van der Waals surface area contributed by atoms with E-state index in [9.17, 15) is 18.3 Å². The number of rotatable bonds is 6. The van der Waals surface area contributed by atoms with Gasteiger partial charge in [0.25, 0.3) is 0 Å². The fourth-order valence-corrected chi connectivity index (χ4v) is 2.58. The van der Waals surface area contributed by atoms with Crippen LogP contribution in [0, 0.1) is 6.92 Å². The lowest BCUT2D eigenvalue weighted by atomic mass is 10.1. The van der Waals surface area contributed by atoms with Crippen LogP contribution in [0.1, 0.15) is 16.8 Å². The topological polar surface area (TPSA) is 70.1 Å². The summed E-state index contributed by atoms with van der Waals surface area (Å²) in [5.74, 6) is 1.13. The molecule has 0 unspecified atom stereocenters. The van der Waals surface area contributed by atoms with Gasteiger partial charge in [0.1, 0.15) is 11.6 Å². The number of aromatic hydroxyl groups is 1. The van der Waals surface area contributed by atoms with Gasteiger partial charge in [-0.15, -0.1) is 0 Å². The van der Waals surface area contributed by atoms with E-state index >= 15 is 0 Å². The molecule has 0 aliphatic heterocycles. The lowest BCUT2D eigenvalue weighted by molar-refractivity contribution is -0.137. The average Bonchev–Trinajstić information content (AvgIpc) is 2.63. The van der Waals surface area contributed by atoms with E-state index in [2.05, 4.69) is 20.6 Å². The quantitative estimate of drug-likeness (QED) is 0.560. The van der Waals surface area contributed by atoms with Gasteiger partial charge in [-0.05, 0) is 55.3 Å². The number of anilines is 3. The molecule has 0 spiro atoms. The molecular formula is C20H19F3N4O. The molecule has 146 valence electrons. The van der Waals surface area contributed by atoms with Gasteiger partial charge in [-0.3, -0.25) is 0 Å². The fraction of sp³-hybridized carbons (Fsp3) is 0.200. The molecule has 3 rings (SSSR count). The van der Waals surface area contributed by atoms with Crippen molar-refractivity contribution in [2.24, 2.45) is 0 Å². The van der Waals surface area contributed by atoms with Crippen LogP contribution in [0.2, 0.25) is 0 Å². The zero-order chi connectivity index (χ0) is 20.1. The second-order valence-corrected chi connectivity index (χ2v) is 6.26. The second kappa shape index (κ2) is 8.16. The van der Waals surface area contributed by atoms with Crippen molar-refractivity contribution in [1.82, 2.24) is 9.97 Å². The SMILES string of the molecule is Cc1cc(NCCc2ccc(O)cc2)nc(Nc2ccc(C(F)(F)F)cc2)n1. The summed E-state index contributed by atoms with van der Waals surface area (Å²) in [5.41, 5.74) is 1.55. The lowest BCUT2D eigenvalue weighted by Gasteiger charge is -2.11. The number of hydrogen-bond acceptors (Lipinski definition) is 5. The molecule has 5 nitrogen and oxygen atoms in total. The van der Waals surface area contributed by atoms with Crippen LogP contribution in [-0.2, 0) is 12.6 Å². The summed E-state index contributed by atoms with van der Waals surface area (Å²) in [4.78, 5) is 8.61. The van der Waals surface area contributed by atoms with Gasteiger partial charge in [-0.25, -0.2) is 4.98 Å². The third-order valence-electron chi connectivity index (χ3n) is 3.98. The summed E-state index contributed by atoms with van der Waals surface area (Å²) in [6.45, 7) is 2.44. The lowest BCUT2D eigenvalue weighted by Crippen LogP contribution is -2.09. The van der Waals surface area contributed by atoms with E-state index in [1.807, 2.05) is 19.1 Å². The number of hydrogen-bond donors (Lipinski definition) is 3. The Morgan fingerprint density at radius 3 is 2.29 bits per heavy atom. The maximum absolute atomic E-state index is 12.6. The van der Waals surface area contributed by atoms with E-state index in [1.165, 1.54) is 12.1 Å². The number of halogens is 3. The molecule has 0 amide bonds. The fourth-order valence-electron chi connectivity index (χ4n) is 2.58. The van der Waals surface area contributed by atoms with Crippen LogP contribution in [0.15, 0.2) is 54.6 Å². The van der Waals surface area contributed by atoms with Gasteiger partial charge in [-0.1, -0.05) is 12.1 Å². The van der Waals surface area contributed by atoms with Crippen molar-refractivity contribution in [2.45, 2.75) is 19.5 Å². The molecule has 0 radical (unpaired) electrons. The molecule has 0 saturated heterocycles. The largest absolute Gasteiger partial charge is 0.508 e. The predicted octanol–water partition coefficient (Wildman–Crippen LogP) is 4.91. The summed E-state index contributed by atoms with van der Waals surface area (Å²) < 4.78 is 37.9. The van der Waals surface area contributed by atoms with Crippen LogP contribution in [0.25, 0.3) is 0 Å². The van der Waals surface area contributed by atoms with Gasteiger partial charge < -0.3 is 15.7 Å². The van der Waals surface area contributed by atoms with Gasteiger partial charge in [0.15, 0.2) is 0 Å². The maximum atomic E-state index is 12.6. The van der Waals surface area contributed by atoms with E-state index < -0.39 is 11.7 Å². The van der Waals surface area contributed by atoms with Crippen molar-refractivity contribution < 1.29 is 18.3 Å². The highest BCUT2D eigenvalue weighted by molar-refractivity contribution is 5.56. The minimum Gasteiger partial charge on any atom is -0.508 e. The molecule has 8 heteroatoms. The normalized spacial score (nSPS) is 11.3. The van der Waals surface area contributed by atoms with Crippen LogP contribution in [-0.4, -0.2) is 21.6 Å². The summed E-state index contributed by atoms with van der Waals surface area (Å²) in [6.07, 6.45) is -3.63. The van der Waals surface area contributed by atoms with Crippen molar-refractivity contribution in [3.05, 3.63) is 71.4 Å². The molecule has 1 aromatic heterocycles. The Morgan fingerprint density at radius 1 is 0.964 bits per heavy atom. The Hall–Kier alpha value is -3.29. The highest BCUT2D eigenvalue weighted by Gasteiger charge is 2.29. The van der Waals surface area contributed by atoms with Gasteiger partial charge in [0.2, 0.25) is 5.95 Å². The van der Waals surface area contributed by atoms with Crippen molar-refractivity contribution in [1.29, 1.82) is 0 Å². The first kappa shape index (κ1) is 19.5. The highest BCUT2D eigenvalue weighted by atomic mass is 19.4. The summed E-state index contributed by atoms with van der Waals surface area (Å²) in [6, 6.07) is 13.4. The molecule has 28 heavy (non-hydrogen) atoms. The van der Waals surface area contributed by atoms with Gasteiger partial charge in [0.05, 0.1) is 5.56 Å².